The molecule has 0 fully saturated rings. The smallest absolute Gasteiger partial charge is 0.112 e. The summed E-state index contributed by atoms with van der Waals surface area (Å²) in [5, 5.41) is 4.37. The maximum Gasteiger partial charge on any atom is 0.112 e. The number of anilines is 1. The number of nitrogens with two attached hydrogens (primary N) is 1. The summed E-state index contributed by atoms with van der Waals surface area (Å²) < 4.78 is 0. The molecule has 0 saturated carbocycles. The van der Waals surface area contributed by atoms with Crippen molar-refractivity contribution >= 4 is 28.9 Å². The van der Waals surface area contributed by atoms with Crippen molar-refractivity contribution in [3.63, 3.8) is 0 Å². The molecule has 0 amide bonds. The fraction of sp³-hybridized carbons (Fsp3) is 0.280. The van der Waals surface area contributed by atoms with Crippen molar-refractivity contribution in [2.75, 3.05) is 11.9 Å². The SMILES string of the molecule is CCCCC[P+](c1ccc(C)cc1)(c1ccc(C)cc1)c1ccc(N)cc1. The summed E-state index contributed by atoms with van der Waals surface area (Å²) in [7, 11) is -1.70. The average molecular weight is 377 g/mol. The van der Waals surface area contributed by atoms with Gasteiger partial charge in [-0.1, -0.05) is 55.2 Å². The lowest BCUT2D eigenvalue weighted by Gasteiger charge is -2.28. The van der Waals surface area contributed by atoms with Crippen molar-refractivity contribution < 1.29 is 0 Å². The van der Waals surface area contributed by atoms with E-state index < -0.39 is 7.26 Å². The molecule has 0 atom stereocenters. The quantitative estimate of drug-likeness (QED) is 0.335. The number of hydrogen-bond acceptors (Lipinski definition) is 1. The second-order valence-electron chi connectivity index (χ2n) is 7.50. The highest BCUT2D eigenvalue weighted by atomic mass is 31.2. The van der Waals surface area contributed by atoms with Crippen molar-refractivity contribution in [3.8, 4) is 0 Å². The number of aryl methyl sites for hydroxylation is 2. The summed E-state index contributed by atoms with van der Waals surface area (Å²) in [4.78, 5) is 0. The molecule has 0 aliphatic carbocycles. The molecular weight excluding hydrogens is 345 g/mol. The van der Waals surface area contributed by atoms with Crippen molar-refractivity contribution in [1.29, 1.82) is 0 Å². The highest BCUT2D eigenvalue weighted by Crippen LogP contribution is 2.56. The molecule has 0 heterocycles. The molecule has 0 saturated heterocycles. The number of benzene rings is 3. The summed E-state index contributed by atoms with van der Waals surface area (Å²) in [5.41, 5.74) is 9.48. The zero-order chi connectivity index (χ0) is 19.3. The number of nitrogen functional groups attached to an aromatic ring is 1. The standard InChI is InChI=1S/C25H31NP/c1-4-5-6-19-27(23-13-7-20(2)8-14-23,24-15-9-21(3)10-16-24)25-17-11-22(26)12-18-25/h7-18H,4-6,19,26H2,1-3H3/q+1. The molecule has 0 aromatic heterocycles. The maximum atomic E-state index is 6.02. The van der Waals surface area contributed by atoms with E-state index in [9.17, 15) is 0 Å². The van der Waals surface area contributed by atoms with E-state index in [1.807, 2.05) is 0 Å². The highest BCUT2D eigenvalue weighted by molar-refractivity contribution is 7.95. The highest BCUT2D eigenvalue weighted by Gasteiger charge is 2.44. The first kappa shape index (κ1) is 19.6. The van der Waals surface area contributed by atoms with Gasteiger partial charge in [0.1, 0.15) is 23.2 Å². The molecule has 3 aromatic rings. The second kappa shape index (κ2) is 8.72. The van der Waals surface area contributed by atoms with Crippen molar-refractivity contribution in [3.05, 3.63) is 83.9 Å². The Hall–Kier alpha value is -2.11. The van der Waals surface area contributed by atoms with Gasteiger partial charge in [0, 0.05) is 5.69 Å². The predicted octanol–water partition coefficient (Wildman–Crippen LogP) is 5.37. The zero-order valence-corrected chi connectivity index (χ0v) is 17.7. The van der Waals surface area contributed by atoms with E-state index in [1.54, 1.807) is 0 Å². The Bertz CT molecular complexity index is 737. The van der Waals surface area contributed by atoms with Crippen LogP contribution in [0.5, 0.6) is 0 Å². The molecule has 0 spiro atoms. The predicted molar refractivity (Wildman–Crippen MR) is 123 cm³/mol. The van der Waals surface area contributed by atoms with Crippen LogP contribution in [0.25, 0.3) is 0 Å². The minimum Gasteiger partial charge on any atom is -0.399 e. The van der Waals surface area contributed by atoms with Crippen LogP contribution in [0.15, 0.2) is 72.8 Å². The van der Waals surface area contributed by atoms with Crippen LogP contribution in [-0.4, -0.2) is 6.16 Å². The van der Waals surface area contributed by atoms with Gasteiger partial charge in [0.15, 0.2) is 0 Å². The third-order valence-electron chi connectivity index (χ3n) is 5.38. The molecule has 0 radical (unpaired) electrons. The van der Waals surface area contributed by atoms with E-state index in [0.717, 1.165) is 5.69 Å². The summed E-state index contributed by atoms with van der Waals surface area (Å²) in [5.74, 6) is 0. The molecule has 3 aromatic carbocycles. The number of rotatable bonds is 7. The molecule has 0 bridgehead atoms. The van der Waals surface area contributed by atoms with Crippen LogP contribution in [-0.2, 0) is 0 Å². The molecule has 0 aliphatic heterocycles. The molecular formula is C25H31NP+. The first-order valence-corrected chi connectivity index (χ1v) is 11.9. The van der Waals surface area contributed by atoms with Crippen LogP contribution in [0, 0.1) is 13.8 Å². The van der Waals surface area contributed by atoms with Crippen LogP contribution in [0.4, 0.5) is 5.69 Å². The van der Waals surface area contributed by atoms with Gasteiger partial charge >= 0.3 is 0 Å². The molecule has 27 heavy (non-hydrogen) atoms. The van der Waals surface area contributed by atoms with Crippen molar-refractivity contribution in [2.45, 2.75) is 40.0 Å². The van der Waals surface area contributed by atoms with Gasteiger partial charge in [-0.2, -0.15) is 0 Å². The van der Waals surface area contributed by atoms with Gasteiger partial charge in [-0.3, -0.25) is 0 Å². The summed E-state index contributed by atoms with van der Waals surface area (Å²) in [6.07, 6.45) is 4.96. The van der Waals surface area contributed by atoms with Gasteiger partial charge in [0.05, 0.1) is 6.16 Å². The van der Waals surface area contributed by atoms with E-state index in [-0.39, 0.29) is 0 Å². The third kappa shape index (κ3) is 4.25. The molecule has 2 heteroatoms. The summed E-state index contributed by atoms with van der Waals surface area (Å²) in [6, 6.07) is 27.1. The minimum absolute atomic E-state index is 0.832. The molecule has 0 aliphatic rings. The lowest BCUT2D eigenvalue weighted by molar-refractivity contribution is 0.776. The Labute approximate surface area is 165 Å². The zero-order valence-electron chi connectivity index (χ0n) is 16.8. The van der Waals surface area contributed by atoms with E-state index in [2.05, 4.69) is 93.6 Å². The second-order valence-corrected chi connectivity index (χ2v) is 11.1. The Balaban J connectivity index is 2.23. The van der Waals surface area contributed by atoms with Crippen LogP contribution in [0.2, 0.25) is 0 Å². The lowest BCUT2D eigenvalue weighted by Crippen LogP contribution is -2.33. The molecule has 3 rings (SSSR count). The van der Waals surface area contributed by atoms with Gasteiger partial charge in [-0.15, -0.1) is 0 Å². The molecule has 140 valence electrons. The van der Waals surface area contributed by atoms with Gasteiger partial charge in [-0.05, 0) is 68.8 Å². The Kier molecular flexibility index (Phi) is 6.34. The Morgan fingerprint density at radius 1 is 0.630 bits per heavy atom. The Morgan fingerprint density at radius 2 is 1.04 bits per heavy atom. The van der Waals surface area contributed by atoms with E-state index in [0.29, 0.717) is 0 Å². The van der Waals surface area contributed by atoms with Crippen LogP contribution >= 0.6 is 7.26 Å². The van der Waals surface area contributed by atoms with Gasteiger partial charge < -0.3 is 5.73 Å². The lowest BCUT2D eigenvalue weighted by atomic mass is 10.2. The van der Waals surface area contributed by atoms with Crippen molar-refractivity contribution in [1.82, 2.24) is 0 Å². The molecule has 0 unspecified atom stereocenters. The summed E-state index contributed by atoms with van der Waals surface area (Å²) >= 11 is 0. The fourth-order valence-electron chi connectivity index (χ4n) is 3.76. The van der Waals surface area contributed by atoms with E-state index in [4.69, 9.17) is 5.73 Å². The third-order valence-corrected chi connectivity index (χ3v) is 9.91. The van der Waals surface area contributed by atoms with Gasteiger partial charge in [0.25, 0.3) is 0 Å². The minimum atomic E-state index is -1.70. The largest absolute Gasteiger partial charge is 0.399 e. The van der Waals surface area contributed by atoms with Gasteiger partial charge in [-0.25, -0.2) is 0 Å². The van der Waals surface area contributed by atoms with Crippen LogP contribution < -0.4 is 21.6 Å². The topological polar surface area (TPSA) is 26.0 Å². The maximum absolute atomic E-state index is 6.02. The van der Waals surface area contributed by atoms with Crippen LogP contribution in [0.3, 0.4) is 0 Å². The first-order chi connectivity index (χ1) is 13.1. The van der Waals surface area contributed by atoms with E-state index >= 15 is 0 Å². The molecule has 1 nitrogen and oxygen atoms in total. The normalized spacial score (nSPS) is 11.5. The fourth-order valence-corrected chi connectivity index (χ4v) is 8.10. The summed E-state index contributed by atoms with van der Waals surface area (Å²) in [6.45, 7) is 6.60. The number of hydrogen-bond donors (Lipinski definition) is 1. The number of unbranched alkanes of at least 4 members (excludes halogenated alkanes) is 2. The monoisotopic (exact) mass is 376 g/mol. The van der Waals surface area contributed by atoms with Crippen molar-refractivity contribution in [2.24, 2.45) is 0 Å². The average Bonchev–Trinajstić information content (AvgIpc) is 2.68. The van der Waals surface area contributed by atoms with Crippen LogP contribution in [0.1, 0.15) is 37.3 Å². The van der Waals surface area contributed by atoms with E-state index in [1.165, 1.54) is 52.5 Å². The Morgan fingerprint density at radius 3 is 1.44 bits per heavy atom. The first-order valence-electron chi connectivity index (χ1n) is 9.95. The van der Waals surface area contributed by atoms with Gasteiger partial charge in [0.2, 0.25) is 0 Å². The molecule has 2 N–H and O–H groups in total.